The molecule has 0 aromatic heterocycles. The Morgan fingerprint density at radius 2 is 1.82 bits per heavy atom. The number of rotatable bonds is 7. The molecule has 0 N–H and O–H groups in total. The smallest absolute Gasteiger partial charge is 0.124 e. The lowest BCUT2D eigenvalue weighted by atomic mass is 9.97. The minimum absolute atomic E-state index is 0.196. The van der Waals surface area contributed by atoms with Crippen molar-refractivity contribution in [1.82, 2.24) is 0 Å². The lowest BCUT2D eigenvalue weighted by Gasteiger charge is -1.97. The number of Topliss-reactive ketones (excluding diaryl/α,β-unsaturated/α-hetero) is 1. The highest BCUT2D eigenvalue weighted by atomic mass is 16.1. The fourth-order valence-electron chi connectivity index (χ4n) is 1.03. The monoisotopic (exact) mass is 152 g/mol. The van der Waals surface area contributed by atoms with Crippen molar-refractivity contribution in [2.45, 2.75) is 51.8 Å². The molecule has 0 heterocycles. The minimum atomic E-state index is 0.196. The average molecular weight is 152 g/mol. The maximum absolute atomic E-state index is 10.7. The Kier molecular flexibility index (Phi) is 7.65. The van der Waals surface area contributed by atoms with Gasteiger partial charge in [0.15, 0.2) is 0 Å². The first-order chi connectivity index (χ1) is 5.31. The van der Waals surface area contributed by atoms with Crippen molar-refractivity contribution < 1.29 is 4.79 Å². The van der Waals surface area contributed by atoms with Crippen LogP contribution >= 0.6 is 0 Å². The number of ketones is 1. The van der Waals surface area contributed by atoms with E-state index in [2.05, 4.69) is 6.92 Å². The Balaban J connectivity index is 2.95. The molecule has 11 heavy (non-hydrogen) atoms. The molecular weight excluding hydrogens is 135 g/mol. The number of hydrogen-bond donors (Lipinski definition) is 0. The predicted molar refractivity (Wildman–Crippen MR) is 48.9 cm³/mol. The SMILES string of the molecule is [B]CC(=O)CCCCCCC. The summed E-state index contributed by atoms with van der Waals surface area (Å²) < 4.78 is 0. The van der Waals surface area contributed by atoms with Crippen LogP contribution in [-0.4, -0.2) is 13.6 Å². The van der Waals surface area contributed by atoms with Gasteiger partial charge in [0, 0.05) is 6.42 Å². The third-order valence-electron chi connectivity index (χ3n) is 1.79. The zero-order valence-corrected chi connectivity index (χ0v) is 7.44. The normalized spacial score (nSPS) is 9.91. The highest BCUT2D eigenvalue weighted by Crippen LogP contribution is 2.05. The minimum Gasteiger partial charge on any atom is -0.301 e. The van der Waals surface area contributed by atoms with Crippen LogP contribution in [0.4, 0.5) is 0 Å². The van der Waals surface area contributed by atoms with Gasteiger partial charge in [0.2, 0.25) is 0 Å². The lowest BCUT2D eigenvalue weighted by Crippen LogP contribution is -1.95. The molecule has 62 valence electrons. The summed E-state index contributed by atoms with van der Waals surface area (Å²) in [7, 11) is 5.16. The average Bonchev–Trinajstić information content (AvgIpc) is 2.04. The first-order valence-electron chi connectivity index (χ1n) is 4.53. The van der Waals surface area contributed by atoms with Crippen LogP contribution in [0.15, 0.2) is 0 Å². The van der Waals surface area contributed by atoms with Crippen molar-refractivity contribution in [1.29, 1.82) is 0 Å². The molecule has 0 aliphatic heterocycles. The Bertz CT molecular complexity index is 102. The van der Waals surface area contributed by atoms with E-state index in [0.29, 0.717) is 6.42 Å². The van der Waals surface area contributed by atoms with Crippen molar-refractivity contribution >= 4 is 13.6 Å². The van der Waals surface area contributed by atoms with Crippen LogP contribution < -0.4 is 0 Å². The molecule has 0 fully saturated rings. The summed E-state index contributed by atoms with van der Waals surface area (Å²) in [5.74, 6) is 0.196. The van der Waals surface area contributed by atoms with Gasteiger partial charge in [-0.15, -0.1) is 0 Å². The molecule has 2 radical (unpaired) electrons. The van der Waals surface area contributed by atoms with Gasteiger partial charge in [0.1, 0.15) is 5.78 Å². The molecule has 1 nitrogen and oxygen atoms in total. The van der Waals surface area contributed by atoms with Crippen molar-refractivity contribution in [3.63, 3.8) is 0 Å². The number of unbranched alkanes of at least 4 members (excludes halogenated alkanes) is 4. The summed E-state index contributed by atoms with van der Waals surface area (Å²) in [6, 6.07) is 0. The van der Waals surface area contributed by atoms with Crippen LogP contribution in [0, 0.1) is 0 Å². The van der Waals surface area contributed by atoms with Crippen LogP contribution in [0.2, 0.25) is 6.32 Å². The van der Waals surface area contributed by atoms with E-state index in [4.69, 9.17) is 7.85 Å². The van der Waals surface area contributed by atoms with Crippen LogP contribution in [0.1, 0.15) is 45.4 Å². The second-order valence-corrected chi connectivity index (χ2v) is 2.91. The largest absolute Gasteiger partial charge is 0.301 e. The molecule has 0 aliphatic carbocycles. The van der Waals surface area contributed by atoms with E-state index in [1.54, 1.807) is 0 Å². The van der Waals surface area contributed by atoms with E-state index in [9.17, 15) is 4.79 Å². The quantitative estimate of drug-likeness (QED) is 0.404. The summed E-state index contributed by atoms with van der Waals surface area (Å²) in [6.45, 7) is 2.19. The van der Waals surface area contributed by atoms with Gasteiger partial charge in [-0.3, -0.25) is 0 Å². The van der Waals surface area contributed by atoms with Crippen LogP contribution in [0.5, 0.6) is 0 Å². The van der Waals surface area contributed by atoms with E-state index < -0.39 is 0 Å². The molecular formula is C9H17BO. The van der Waals surface area contributed by atoms with Gasteiger partial charge in [-0.05, 0) is 12.7 Å². The van der Waals surface area contributed by atoms with Gasteiger partial charge in [0.05, 0.1) is 7.85 Å². The number of carbonyl (C=O) groups is 1. The third-order valence-corrected chi connectivity index (χ3v) is 1.79. The first-order valence-corrected chi connectivity index (χ1v) is 4.53. The topological polar surface area (TPSA) is 17.1 Å². The maximum atomic E-state index is 10.7. The fraction of sp³-hybridized carbons (Fsp3) is 0.889. The van der Waals surface area contributed by atoms with Crippen LogP contribution in [0.3, 0.4) is 0 Å². The fourth-order valence-corrected chi connectivity index (χ4v) is 1.03. The molecule has 0 saturated heterocycles. The summed E-state index contributed by atoms with van der Waals surface area (Å²) in [4.78, 5) is 10.7. The second kappa shape index (κ2) is 7.84. The van der Waals surface area contributed by atoms with Crippen LogP contribution in [-0.2, 0) is 4.79 Å². The van der Waals surface area contributed by atoms with E-state index in [1.807, 2.05) is 0 Å². The van der Waals surface area contributed by atoms with Crippen molar-refractivity contribution in [3.05, 3.63) is 0 Å². The van der Waals surface area contributed by atoms with Gasteiger partial charge < -0.3 is 4.79 Å². The third kappa shape index (κ3) is 7.63. The second-order valence-electron chi connectivity index (χ2n) is 2.91. The highest BCUT2D eigenvalue weighted by Gasteiger charge is 1.96. The molecule has 0 saturated carbocycles. The summed E-state index contributed by atoms with van der Waals surface area (Å²) >= 11 is 0. The Hall–Kier alpha value is -0.265. The molecule has 0 unspecified atom stereocenters. The molecule has 2 heteroatoms. The van der Waals surface area contributed by atoms with Crippen molar-refractivity contribution in [2.75, 3.05) is 0 Å². The Morgan fingerprint density at radius 1 is 1.18 bits per heavy atom. The zero-order chi connectivity index (χ0) is 8.53. The predicted octanol–water partition coefficient (Wildman–Crippen LogP) is 2.50. The highest BCUT2D eigenvalue weighted by molar-refractivity contribution is 6.20. The van der Waals surface area contributed by atoms with E-state index in [-0.39, 0.29) is 12.1 Å². The molecule has 0 aliphatic rings. The van der Waals surface area contributed by atoms with Gasteiger partial charge in [0.25, 0.3) is 0 Å². The Morgan fingerprint density at radius 3 is 2.36 bits per heavy atom. The van der Waals surface area contributed by atoms with E-state index in [1.165, 1.54) is 25.7 Å². The summed E-state index contributed by atoms with van der Waals surface area (Å²) in [5, 5.41) is 0. The molecule has 0 bridgehead atoms. The molecule has 0 rings (SSSR count). The van der Waals surface area contributed by atoms with Gasteiger partial charge in [-0.25, -0.2) is 0 Å². The van der Waals surface area contributed by atoms with Crippen LogP contribution in [0.25, 0.3) is 0 Å². The first kappa shape index (κ1) is 10.7. The van der Waals surface area contributed by atoms with Crippen molar-refractivity contribution in [3.8, 4) is 0 Å². The Labute approximate surface area is 71.0 Å². The molecule has 0 aromatic rings. The lowest BCUT2D eigenvalue weighted by molar-refractivity contribution is -0.117. The van der Waals surface area contributed by atoms with Gasteiger partial charge in [-0.2, -0.15) is 0 Å². The molecule has 0 amide bonds. The van der Waals surface area contributed by atoms with Crippen molar-refractivity contribution in [2.24, 2.45) is 0 Å². The standard InChI is InChI=1S/C9H17BO/c1-2-3-4-5-6-7-9(11)8-10/h2-8H2,1H3. The summed E-state index contributed by atoms with van der Waals surface area (Å²) in [6.07, 6.45) is 6.90. The maximum Gasteiger partial charge on any atom is 0.124 e. The van der Waals surface area contributed by atoms with E-state index >= 15 is 0 Å². The van der Waals surface area contributed by atoms with E-state index in [0.717, 1.165) is 6.42 Å². The van der Waals surface area contributed by atoms with Gasteiger partial charge >= 0.3 is 0 Å². The molecule has 0 spiro atoms. The zero-order valence-electron chi connectivity index (χ0n) is 7.44. The summed E-state index contributed by atoms with van der Waals surface area (Å²) in [5.41, 5.74) is 0. The van der Waals surface area contributed by atoms with Gasteiger partial charge in [-0.1, -0.05) is 32.6 Å². The molecule has 0 aromatic carbocycles. The number of hydrogen-bond acceptors (Lipinski definition) is 1. The molecule has 0 atom stereocenters. The number of carbonyl (C=O) groups excluding carboxylic acids is 1.